The quantitative estimate of drug-likeness (QED) is 0.767. The normalized spacial score (nSPS) is 11.6. The number of fused-ring (bicyclic) bond motifs is 1. The van der Waals surface area contributed by atoms with Gasteiger partial charge in [-0.2, -0.15) is 13.2 Å². The fraction of sp³-hybridized carbons (Fsp3) is 0.222. The van der Waals surface area contributed by atoms with Gasteiger partial charge in [0.05, 0.1) is 36.5 Å². The maximum atomic E-state index is 13.3. The fourth-order valence-electron chi connectivity index (χ4n) is 2.84. The van der Waals surface area contributed by atoms with Crippen molar-refractivity contribution in [1.29, 1.82) is 0 Å². The molecule has 2 aromatic heterocycles. The van der Waals surface area contributed by atoms with Crippen LogP contribution in [0.25, 0.3) is 10.9 Å². The van der Waals surface area contributed by atoms with Crippen molar-refractivity contribution in [3.63, 3.8) is 0 Å². The van der Waals surface area contributed by atoms with Gasteiger partial charge in [-0.1, -0.05) is 0 Å². The number of hydrogen-bond donors (Lipinski definition) is 1. The lowest BCUT2D eigenvalue weighted by molar-refractivity contribution is -0.138. The second kappa shape index (κ2) is 6.70. The first kappa shape index (κ1) is 17.8. The van der Waals surface area contributed by atoms with Crippen molar-refractivity contribution in [3.8, 4) is 5.75 Å². The maximum Gasteiger partial charge on any atom is 0.419 e. The molecule has 0 radical (unpaired) electrons. The van der Waals surface area contributed by atoms with Crippen LogP contribution in [0.3, 0.4) is 0 Å². The van der Waals surface area contributed by atoms with Crippen molar-refractivity contribution < 1.29 is 22.7 Å². The molecule has 1 amide bonds. The number of anilines is 1. The topological polar surface area (TPSA) is 56.1 Å². The highest BCUT2D eigenvalue weighted by molar-refractivity contribution is 5.96. The van der Waals surface area contributed by atoms with E-state index < -0.39 is 11.7 Å². The Labute approximate surface area is 147 Å². The Morgan fingerprint density at radius 3 is 2.73 bits per heavy atom. The number of carbonyl (C=O) groups is 1. The van der Waals surface area contributed by atoms with Crippen molar-refractivity contribution in [2.75, 3.05) is 12.4 Å². The Bertz CT molecular complexity index is 950. The Morgan fingerprint density at radius 2 is 2.12 bits per heavy atom. The molecule has 0 unspecified atom stereocenters. The van der Waals surface area contributed by atoms with E-state index in [-0.39, 0.29) is 18.1 Å². The van der Waals surface area contributed by atoms with Crippen LogP contribution in [0.1, 0.15) is 11.1 Å². The first-order chi connectivity index (χ1) is 12.3. The summed E-state index contributed by atoms with van der Waals surface area (Å²) in [5, 5.41) is 3.04. The van der Waals surface area contributed by atoms with Gasteiger partial charge >= 0.3 is 6.18 Å². The molecule has 5 nitrogen and oxygen atoms in total. The van der Waals surface area contributed by atoms with Crippen LogP contribution in [-0.2, 0) is 24.4 Å². The highest BCUT2D eigenvalue weighted by atomic mass is 19.4. The van der Waals surface area contributed by atoms with Crippen molar-refractivity contribution in [2.45, 2.75) is 12.6 Å². The van der Waals surface area contributed by atoms with E-state index in [1.54, 1.807) is 36.1 Å². The summed E-state index contributed by atoms with van der Waals surface area (Å²) in [6, 6.07) is 5.72. The van der Waals surface area contributed by atoms with Gasteiger partial charge in [0, 0.05) is 30.9 Å². The number of aromatic nitrogens is 2. The summed E-state index contributed by atoms with van der Waals surface area (Å²) >= 11 is 0. The molecule has 3 rings (SSSR count). The lowest BCUT2D eigenvalue weighted by Crippen LogP contribution is -2.14. The molecule has 1 aromatic carbocycles. The molecule has 0 aliphatic rings. The van der Waals surface area contributed by atoms with Gasteiger partial charge in [-0.25, -0.2) is 0 Å². The van der Waals surface area contributed by atoms with Gasteiger partial charge in [-0.15, -0.1) is 0 Å². The Balaban J connectivity index is 1.97. The van der Waals surface area contributed by atoms with Crippen LogP contribution >= 0.6 is 0 Å². The number of methoxy groups -OCH3 is 1. The first-order valence-electron chi connectivity index (χ1n) is 7.72. The summed E-state index contributed by atoms with van der Waals surface area (Å²) in [6.45, 7) is 0. The number of nitrogens with zero attached hydrogens (tertiary/aromatic N) is 2. The number of amides is 1. The zero-order valence-electron chi connectivity index (χ0n) is 14.1. The molecule has 8 heteroatoms. The summed E-state index contributed by atoms with van der Waals surface area (Å²) in [5.74, 6) is -0.590. The van der Waals surface area contributed by atoms with Crippen LogP contribution in [0.4, 0.5) is 18.9 Å². The zero-order valence-corrected chi connectivity index (χ0v) is 14.1. The Kier molecular flexibility index (Phi) is 4.58. The number of rotatable bonds is 4. The lowest BCUT2D eigenvalue weighted by atomic mass is 10.1. The zero-order chi connectivity index (χ0) is 18.9. The number of halogens is 3. The molecule has 0 aliphatic carbocycles. The molecule has 0 bridgehead atoms. The molecule has 136 valence electrons. The minimum Gasteiger partial charge on any atom is -0.496 e. The summed E-state index contributed by atoms with van der Waals surface area (Å²) < 4.78 is 46.4. The molecule has 0 spiro atoms. The number of nitrogens with one attached hydrogen (secondary N) is 1. The van der Waals surface area contributed by atoms with E-state index in [2.05, 4.69) is 10.3 Å². The Morgan fingerprint density at radius 1 is 1.35 bits per heavy atom. The van der Waals surface area contributed by atoms with Gasteiger partial charge in [-0.05, 0) is 23.8 Å². The Hall–Kier alpha value is -3.03. The fourth-order valence-corrected chi connectivity index (χ4v) is 2.84. The predicted molar refractivity (Wildman–Crippen MR) is 91.0 cm³/mol. The third-order valence-corrected chi connectivity index (χ3v) is 3.99. The van der Waals surface area contributed by atoms with E-state index in [0.29, 0.717) is 22.2 Å². The SMILES string of the molecule is COc1cc2c(cc1C(F)(F)F)c(CC(=O)Nc1cccnc1)cn2C. The van der Waals surface area contributed by atoms with Gasteiger partial charge in [0.15, 0.2) is 0 Å². The van der Waals surface area contributed by atoms with Crippen molar-refractivity contribution >= 4 is 22.5 Å². The van der Waals surface area contributed by atoms with Gasteiger partial charge in [-0.3, -0.25) is 9.78 Å². The number of pyridine rings is 1. The van der Waals surface area contributed by atoms with E-state index in [1.165, 1.54) is 19.4 Å². The molecular weight excluding hydrogens is 347 g/mol. The maximum absolute atomic E-state index is 13.3. The van der Waals surface area contributed by atoms with Crippen LogP contribution in [0.5, 0.6) is 5.75 Å². The summed E-state index contributed by atoms with van der Waals surface area (Å²) in [6.07, 6.45) is 0.105. The molecule has 26 heavy (non-hydrogen) atoms. The lowest BCUT2D eigenvalue weighted by Gasteiger charge is -2.13. The molecule has 3 aromatic rings. The van der Waals surface area contributed by atoms with Crippen LogP contribution in [-0.4, -0.2) is 22.6 Å². The standard InChI is InChI=1S/C18H16F3N3O2/c1-24-10-11(6-17(25)23-12-4-3-5-22-9-12)13-7-14(18(19,20)21)16(26-2)8-15(13)24/h3-5,7-10H,6H2,1-2H3,(H,23,25). The average molecular weight is 363 g/mol. The van der Waals surface area contributed by atoms with Gasteiger partial charge in [0.2, 0.25) is 5.91 Å². The molecule has 0 fully saturated rings. The average Bonchev–Trinajstić information content (AvgIpc) is 2.89. The molecule has 1 N–H and O–H groups in total. The molecule has 0 aliphatic heterocycles. The predicted octanol–water partition coefficient (Wildman–Crippen LogP) is 3.78. The minimum absolute atomic E-state index is 0.0597. The second-order valence-corrected chi connectivity index (χ2v) is 5.80. The molecule has 0 atom stereocenters. The third-order valence-electron chi connectivity index (χ3n) is 3.99. The van der Waals surface area contributed by atoms with E-state index in [1.807, 2.05) is 0 Å². The molecular formula is C18H16F3N3O2. The van der Waals surface area contributed by atoms with Crippen molar-refractivity contribution in [2.24, 2.45) is 7.05 Å². The molecule has 0 saturated heterocycles. The number of aryl methyl sites for hydroxylation is 1. The number of hydrogen-bond acceptors (Lipinski definition) is 3. The first-order valence-corrected chi connectivity index (χ1v) is 7.72. The van der Waals surface area contributed by atoms with Crippen molar-refractivity contribution in [1.82, 2.24) is 9.55 Å². The number of ether oxygens (including phenoxy) is 1. The van der Waals surface area contributed by atoms with E-state index in [9.17, 15) is 18.0 Å². The van der Waals surface area contributed by atoms with E-state index >= 15 is 0 Å². The van der Waals surface area contributed by atoms with Crippen LogP contribution in [0.2, 0.25) is 0 Å². The minimum atomic E-state index is -4.55. The molecule has 0 saturated carbocycles. The van der Waals surface area contributed by atoms with Gasteiger partial charge in [0.25, 0.3) is 0 Å². The van der Waals surface area contributed by atoms with Crippen LogP contribution in [0, 0.1) is 0 Å². The highest BCUT2D eigenvalue weighted by Gasteiger charge is 2.35. The number of carbonyl (C=O) groups excluding carboxylic acids is 1. The van der Waals surface area contributed by atoms with Crippen LogP contribution < -0.4 is 10.1 Å². The summed E-state index contributed by atoms with van der Waals surface area (Å²) in [4.78, 5) is 16.1. The van der Waals surface area contributed by atoms with Gasteiger partial charge in [0.1, 0.15) is 5.75 Å². The second-order valence-electron chi connectivity index (χ2n) is 5.80. The number of alkyl halides is 3. The largest absolute Gasteiger partial charge is 0.496 e. The van der Waals surface area contributed by atoms with E-state index in [0.717, 1.165) is 6.07 Å². The highest BCUT2D eigenvalue weighted by Crippen LogP contribution is 2.39. The number of benzene rings is 1. The van der Waals surface area contributed by atoms with Crippen LogP contribution in [0.15, 0.2) is 42.9 Å². The third kappa shape index (κ3) is 3.49. The summed E-state index contributed by atoms with van der Waals surface area (Å²) in [5.41, 5.74) is 0.707. The van der Waals surface area contributed by atoms with Crippen molar-refractivity contribution in [3.05, 3.63) is 54.0 Å². The smallest absolute Gasteiger partial charge is 0.419 e. The summed E-state index contributed by atoms with van der Waals surface area (Å²) in [7, 11) is 2.90. The van der Waals surface area contributed by atoms with E-state index in [4.69, 9.17) is 4.74 Å². The molecule has 2 heterocycles. The monoisotopic (exact) mass is 363 g/mol. The van der Waals surface area contributed by atoms with Gasteiger partial charge < -0.3 is 14.6 Å².